The molecule has 0 aromatic heterocycles. The third-order valence-corrected chi connectivity index (χ3v) is 15.7. The quantitative estimate of drug-likeness (QED) is 0.142. The summed E-state index contributed by atoms with van der Waals surface area (Å²) in [6, 6.07) is -56.1. The zero-order valence-electron chi connectivity index (χ0n) is 74.2. The maximum Gasteiger partial charge on any atom is 0.171 e. The molecule has 0 atom stereocenters. The molecule has 1 spiro atoms. The molecule has 0 unspecified atom stereocenters. The lowest BCUT2D eigenvalue weighted by atomic mass is 9.70. The lowest BCUT2D eigenvalue weighted by molar-refractivity contribution is 0.591. The molecule has 65 heavy (non-hydrogen) atoms. The van der Waals surface area contributed by atoms with Crippen molar-refractivity contribution in [3.63, 3.8) is 0 Å². The van der Waals surface area contributed by atoms with Gasteiger partial charge in [-0.3, -0.25) is 0 Å². The number of hydrogen-bond acceptors (Lipinski definition) is 2. The maximum absolute atomic E-state index is 16.7. The lowest BCUT2D eigenvalue weighted by Gasteiger charge is -2.31. The van der Waals surface area contributed by atoms with Crippen LogP contribution in [0, 0.1) is 0 Å². The molecule has 2 aliphatic rings. The van der Waals surface area contributed by atoms with Crippen molar-refractivity contribution in [3.05, 3.63) is 276 Å². The summed E-state index contributed by atoms with van der Waals surface area (Å²) in [6.07, 6.45) is 0. The summed E-state index contributed by atoms with van der Waals surface area (Å²) < 4.78 is 420. The Morgan fingerprint density at radius 1 is 0.262 bits per heavy atom. The standard InChI is InChI=1S/C61H42O2P2/c62-64(47-17-5-1-6-18-47,48-19-7-2-8-20-48)51-35-29-43(30-36-51)45-33-39-55-53-25-13-15-27-57(53)61(59(55)41-45)58-28-16-14-26-54(58)56-40-34-46(42-60(56)61)44-31-37-52(38-32-44)65(63,49-21-9-3-10-22-49)50-23-11-4-12-24-50/h1-42H/i1D,2D,3D,4D,5D,6D,7D,8D,9D,10D,11D,12D,13D,14D,15D,16D,17D,18D,19D,20D,21D,22D,23D,24D,25D,26D,27D,28D,29D,30D,31D,32D,33D,34D,35D,36D,37D,38D,39D,40D,41D,42D. The van der Waals surface area contributed by atoms with Gasteiger partial charge in [-0.15, -0.1) is 0 Å². The summed E-state index contributed by atoms with van der Waals surface area (Å²) in [5.41, 5.74) is -16.4. The van der Waals surface area contributed by atoms with Gasteiger partial charge >= 0.3 is 0 Å². The Bertz CT molecular complexity index is 5380. The highest BCUT2D eigenvalue weighted by molar-refractivity contribution is 7.85. The van der Waals surface area contributed by atoms with Gasteiger partial charge in [0.05, 0.1) is 63.0 Å². The Kier molecular flexibility index (Phi) is 3.59. The van der Waals surface area contributed by atoms with Crippen molar-refractivity contribution >= 4 is 46.1 Å². The van der Waals surface area contributed by atoms with Gasteiger partial charge in [0.25, 0.3) is 0 Å². The van der Waals surface area contributed by atoms with Gasteiger partial charge in [0, 0.05) is 31.8 Å². The third kappa shape index (κ3) is 5.95. The molecule has 0 amide bonds. The van der Waals surface area contributed by atoms with Crippen LogP contribution in [0.3, 0.4) is 0 Å². The van der Waals surface area contributed by atoms with Crippen molar-refractivity contribution in [2.45, 2.75) is 5.41 Å². The van der Waals surface area contributed by atoms with E-state index in [9.17, 15) is 27.4 Å². The van der Waals surface area contributed by atoms with Crippen LogP contribution in [0.25, 0.3) is 44.5 Å². The molecule has 12 rings (SSSR count). The molecule has 0 saturated heterocycles. The highest BCUT2D eigenvalue weighted by atomic mass is 31.2. The van der Waals surface area contributed by atoms with Gasteiger partial charge < -0.3 is 9.13 Å². The van der Waals surface area contributed by atoms with E-state index in [1.165, 1.54) is 0 Å². The number of fused-ring (bicyclic) bond motifs is 10. The second-order valence-electron chi connectivity index (χ2n) is 13.8. The van der Waals surface area contributed by atoms with Crippen LogP contribution >= 0.6 is 14.3 Å². The van der Waals surface area contributed by atoms with Crippen LogP contribution in [-0.4, -0.2) is 0 Å². The predicted molar refractivity (Wildman–Crippen MR) is 272 cm³/mol. The van der Waals surface area contributed by atoms with Crippen LogP contribution in [0.2, 0.25) is 0 Å². The SMILES string of the molecule is [2H]c1c([2H])c([2H])c(P(=O)(c2c([2H])c([2H])c([2H])c([2H])c2[2H])c2c([2H])c([2H])c(-c3c([2H])c([2H])c4c(c3[2H])C3(c5c([2H])c([2H])c([2H])c([2H])c5-4)c4c([2H])c([2H])c([2H])c([2H])c4-c4c([2H])c([2H])c(-c5c([2H])c([2H])c(P(=O)(c6c([2H])c([2H])c([2H])c([2H])c6[2H])c6c([2H])c([2H])c([2H])c([2H])c6[2H])c([2H])c5[2H])c([2H])c43)c([2H])c2[2H])c([2H])c1[2H]. The van der Waals surface area contributed by atoms with E-state index in [1.807, 2.05) is 0 Å². The van der Waals surface area contributed by atoms with Crippen LogP contribution in [0.5, 0.6) is 0 Å². The normalized spacial score (nSPS) is 22.2. The van der Waals surface area contributed by atoms with E-state index in [1.54, 1.807) is 0 Å². The van der Waals surface area contributed by atoms with Crippen LogP contribution < -0.4 is 31.8 Å². The first-order chi connectivity index (χ1) is 49.5. The fourth-order valence-corrected chi connectivity index (χ4v) is 11.7. The summed E-state index contributed by atoms with van der Waals surface area (Å²) in [5.74, 6) is 0. The fourth-order valence-electron chi connectivity index (χ4n) is 7.76. The monoisotopic (exact) mass is 911 g/mol. The van der Waals surface area contributed by atoms with Crippen molar-refractivity contribution in [2.75, 3.05) is 0 Å². The first kappa shape index (κ1) is 15.1. The molecule has 2 aliphatic carbocycles. The first-order valence-electron chi connectivity index (χ1n) is 39.7. The number of rotatable bonds is 8. The van der Waals surface area contributed by atoms with E-state index in [0.717, 1.165) is 0 Å². The van der Waals surface area contributed by atoms with Crippen molar-refractivity contribution in [1.29, 1.82) is 0 Å². The second-order valence-corrected chi connectivity index (χ2v) is 18.9. The molecule has 0 aliphatic heterocycles. The fraction of sp³-hybridized carbons (Fsp3) is 0.0164. The van der Waals surface area contributed by atoms with E-state index in [0.29, 0.717) is 0 Å². The molecule has 0 bridgehead atoms. The van der Waals surface area contributed by atoms with Crippen LogP contribution in [-0.2, 0) is 14.5 Å². The van der Waals surface area contributed by atoms with E-state index < -0.39 is 372 Å². The van der Waals surface area contributed by atoms with Crippen molar-refractivity contribution in [1.82, 2.24) is 0 Å². The molecule has 10 aromatic rings. The zero-order valence-corrected chi connectivity index (χ0v) is 34.0. The second kappa shape index (κ2) is 15.4. The Morgan fingerprint density at radius 2 is 0.523 bits per heavy atom. The number of benzene rings is 10. The molecule has 4 heteroatoms. The molecule has 0 fully saturated rings. The topological polar surface area (TPSA) is 34.1 Å². The Morgan fingerprint density at radius 3 is 0.862 bits per heavy atom. The van der Waals surface area contributed by atoms with E-state index in [-0.39, 0.29) is 0 Å². The molecule has 0 radical (unpaired) electrons. The molecular weight excluding hydrogens is 827 g/mol. The number of hydrogen-bond donors (Lipinski definition) is 0. The Hall–Kier alpha value is -7.34. The zero-order chi connectivity index (χ0) is 80.1. The summed E-state index contributed by atoms with van der Waals surface area (Å²) in [4.78, 5) is 0. The molecule has 10 aromatic carbocycles. The lowest BCUT2D eigenvalue weighted by Crippen LogP contribution is -2.26. The van der Waals surface area contributed by atoms with Crippen LogP contribution in [0.4, 0.5) is 0 Å². The average molecular weight is 911 g/mol. The largest absolute Gasteiger partial charge is 0.309 e. The molecule has 308 valence electrons. The van der Waals surface area contributed by atoms with Crippen LogP contribution in [0.15, 0.2) is 254 Å². The van der Waals surface area contributed by atoms with E-state index >= 15 is 9.13 Å². The van der Waals surface area contributed by atoms with Gasteiger partial charge in [-0.2, -0.15) is 0 Å². The Labute approximate surface area is 439 Å². The summed E-state index contributed by atoms with van der Waals surface area (Å²) >= 11 is 0. The molecule has 0 N–H and O–H groups in total. The van der Waals surface area contributed by atoms with Gasteiger partial charge in [-0.05, 0) is 78.8 Å². The molecule has 2 nitrogen and oxygen atoms in total. The maximum atomic E-state index is 16.7. The first-order valence-corrected chi connectivity index (χ1v) is 22.1. The summed E-state index contributed by atoms with van der Waals surface area (Å²) in [7, 11) is -12.3. The smallest absolute Gasteiger partial charge is 0.171 e. The highest BCUT2D eigenvalue weighted by Gasteiger charge is 2.51. The minimum absolute atomic E-state index is 0.907. The predicted octanol–water partition coefficient (Wildman–Crippen LogP) is 12.6. The minimum atomic E-state index is -6.13. The summed E-state index contributed by atoms with van der Waals surface area (Å²) in [6.45, 7) is 0. The van der Waals surface area contributed by atoms with Crippen molar-refractivity contribution in [3.8, 4) is 44.5 Å². The van der Waals surface area contributed by atoms with Gasteiger partial charge in [0.1, 0.15) is 0 Å². The minimum Gasteiger partial charge on any atom is -0.309 e. The van der Waals surface area contributed by atoms with Gasteiger partial charge in [0.2, 0.25) is 0 Å². The van der Waals surface area contributed by atoms with Crippen molar-refractivity contribution in [2.24, 2.45) is 0 Å². The molecule has 0 heterocycles. The highest BCUT2D eigenvalue weighted by Crippen LogP contribution is 2.63. The Balaban J connectivity index is 1.27. The van der Waals surface area contributed by atoms with Gasteiger partial charge in [-0.1, -0.05) is 242 Å². The van der Waals surface area contributed by atoms with Gasteiger partial charge in [0.15, 0.2) is 14.3 Å². The van der Waals surface area contributed by atoms with Crippen molar-refractivity contribution < 1.29 is 66.7 Å². The van der Waals surface area contributed by atoms with Gasteiger partial charge in [-0.25, -0.2) is 0 Å². The third-order valence-electron chi connectivity index (χ3n) is 10.6. The van der Waals surface area contributed by atoms with E-state index in [4.69, 9.17) is 30.2 Å². The van der Waals surface area contributed by atoms with E-state index in [2.05, 4.69) is 0 Å². The molecular formula is C61H42O2P2. The van der Waals surface area contributed by atoms with Crippen LogP contribution in [0.1, 0.15) is 79.8 Å². The average Bonchev–Trinajstić information content (AvgIpc) is 1.47. The molecule has 0 saturated carbocycles. The summed E-state index contributed by atoms with van der Waals surface area (Å²) in [5, 5.41) is -8.68.